The maximum Gasteiger partial charge on any atom is 0.0371 e. The lowest BCUT2D eigenvalue weighted by atomic mass is 10.1. The van der Waals surface area contributed by atoms with Gasteiger partial charge in [0.05, 0.1) is 0 Å². The van der Waals surface area contributed by atoms with Crippen LogP contribution in [0.2, 0.25) is 0 Å². The second-order valence-electron chi connectivity index (χ2n) is 4.47. The average molecular weight is 206 g/mol. The summed E-state index contributed by atoms with van der Waals surface area (Å²) in [7, 11) is 0. The molecule has 2 nitrogen and oxygen atoms in total. The number of anilines is 1. The predicted molar refractivity (Wildman–Crippen MR) is 67.1 cm³/mol. The highest BCUT2D eigenvalue weighted by molar-refractivity contribution is 5.49. The van der Waals surface area contributed by atoms with Crippen LogP contribution in [-0.4, -0.2) is 12.1 Å². The molecule has 0 atom stereocenters. The molecular formula is C13H22N2. The molecule has 0 heterocycles. The lowest BCUT2D eigenvalue weighted by Crippen LogP contribution is -2.36. The fourth-order valence-corrected chi connectivity index (χ4v) is 2.00. The molecule has 15 heavy (non-hydrogen) atoms. The summed E-state index contributed by atoms with van der Waals surface area (Å²) >= 11 is 0. The van der Waals surface area contributed by atoms with Crippen LogP contribution in [-0.2, 0) is 6.54 Å². The first kappa shape index (κ1) is 12.1. The topological polar surface area (TPSA) is 29.3 Å². The van der Waals surface area contributed by atoms with Crippen molar-refractivity contribution < 1.29 is 0 Å². The zero-order valence-electron chi connectivity index (χ0n) is 10.2. The van der Waals surface area contributed by atoms with Crippen LogP contribution in [0, 0.1) is 0 Å². The normalized spacial score (nSPS) is 11.1. The Kier molecular flexibility index (Phi) is 4.15. The summed E-state index contributed by atoms with van der Waals surface area (Å²) in [6.45, 7) is 9.49. The third kappa shape index (κ3) is 2.96. The van der Waals surface area contributed by atoms with E-state index in [0.717, 1.165) is 0 Å². The molecule has 1 rings (SSSR count). The standard InChI is InChI=1S/C13H22N2/c1-10(2)15(11(3)4)13-7-5-12(9-14)6-8-13/h5-8,10-11H,9,14H2,1-4H3. The van der Waals surface area contributed by atoms with E-state index in [-0.39, 0.29) is 0 Å². The van der Waals surface area contributed by atoms with Gasteiger partial charge in [0.1, 0.15) is 0 Å². The summed E-state index contributed by atoms with van der Waals surface area (Å²) in [4.78, 5) is 2.40. The number of hydrogen-bond acceptors (Lipinski definition) is 2. The predicted octanol–water partition coefficient (Wildman–Crippen LogP) is 2.77. The van der Waals surface area contributed by atoms with Gasteiger partial charge in [0, 0.05) is 24.3 Å². The van der Waals surface area contributed by atoms with Crippen LogP contribution >= 0.6 is 0 Å². The molecule has 0 aliphatic heterocycles. The molecule has 2 N–H and O–H groups in total. The highest BCUT2D eigenvalue weighted by atomic mass is 15.2. The Morgan fingerprint density at radius 3 is 1.80 bits per heavy atom. The van der Waals surface area contributed by atoms with E-state index in [0.29, 0.717) is 18.6 Å². The van der Waals surface area contributed by atoms with Crippen molar-refractivity contribution in [2.45, 2.75) is 46.3 Å². The zero-order chi connectivity index (χ0) is 11.4. The van der Waals surface area contributed by atoms with Crippen LogP contribution in [0.1, 0.15) is 33.3 Å². The molecular weight excluding hydrogens is 184 g/mol. The minimum atomic E-state index is 0.522. The van der Waals surface area contributed by atoms with Gasteiger partial charge >= 0.3 is 0 Å². The van der Waals surface area contributed by atoms with E-state index in [1.54, 1.807) is 0 Å². The highest BCUT2D eigenvalue weighted by Crippen LogP contribution is 2.20. The van der Waals surface area contributed by atoms with Crippen molar-refractivity contribution in [3.63, 3.8) is 0 Å². The van der Waals surface area contributed by atoms with E-state index in [1.807, 2.05) is 0 Å². The largest absolute Gasteiger partial charge is 0.367 e. The first-order valence-corrected chi connectivity index (χ1v) is 5.63. The molecule has 2 heteroatoms. The van der Waals surface area contributed by atoms with Crippen molar-refractivity contribution in [1.29, 1.82) is 0 Å². The number of hydrogen-bond donors (Lipinski definition) is 1. The number of nitrogens with zero attached hydrogens (tertiary/aromatic N) is 1. The smallest absolute Gasteiger partial charge is 0.0371 e. The van der Waals surface area contributed by atoms with Gasteiger partial charge in [0.15, 0.2) is 0 Å². The Morgan fingerprint density at radius 2 is 1.47 bits per heavy atom. The molecule has 0 aliphatic carbocycles. The molecule has 0 aromatic heterocycles. The van der Waals surface area contributed by atoms with Gasteiger partial charge in [-0.1, -0.05) is 12.1 Å². The molecule has 0 fully saturated rings. The van der Waals surface area contributed by atoms with Gasteiger partial charge in [0.25, 0.3) is 0 Å². The quantitative estimate of drug-likeness (QED) is 0.820. The molecule has 0 radical (unpaired) electrons. The van der Waals surface area contributed by atoms with E-state index >= 15 is 0 Å². The Balaban J connectivity index is 2.92. The minimum Gasteiger partial charge on any atom is -0.367 e. The molecule has 0 amide bonds. The summed E-state index contributed by atoms with van der Waals surface area (Å²) in [6.07, 6.45) is 0. The molecule has 84 valence electrons. The third-order valence-electron chi connectivity index (χ3n) is 2.58. The highest BCUT2D eigenvalue weighted by Gasteiger charge is 2.13. The van der Waals surface area contributed by atoms with Crippen molar-refractivity contribution in [3.8, 4) is 0 Å². The van der Waals surface area contributed by atoms with Gasteiger partial charge in [-0.2, -0.15) is 0 Å². The molecule has 1 aromatic rings. The molecule has 0 aliphatic rings. The van der Waals surface area contributed by atoms with Crippen LogP contribution in [0.4, 0.5) is 5.69 Å². The minimum absolute atomic E-state index is 0.522. The number of rotatable bonds is 4. The summed E-state index contributed by atoms with van der Waals surface area (Å²) in [5.41, 5.74) is 8.04. The maximum atomic E-state index is 5.58. The Bertz CT molecular complexity index is 280. The fourth-order valence-electron chi connectivity index (χ4n) is 2.00. The average Bonchev–Trinajstić information content (AvgIpc) is 2.18. The monoisotopic (exact) mass is 206 g/mol. The third-order valence-corrected chi connectivity index (χ3v) is 2.58. The molecule has 0 bridgehead atoms. The first-order valence-electron chi connectivity index (χ1n) is 5.63. The molecule has 0 saturated heterocycles. The number of nitrogens with two attached hydrogens (primary N) is 1. The Hall–Kier alpha value is -1.02. The molecule has 0 saturated carbocycles. The first-order chi connectivity index (χ1) is 7.06. The molecule has 0 spiro atoms. The number of benzene rings is 1. The molecule has 1 aromatic carbocycles. The van der Waals surface area contributed by atoms with Crippen LogP contribution < -0.4 is 10.6 Å². The van der Waals surface area contributed by atoms with Crippen LogP contribution in [0.15, 0.2) is 24.3 Å². The lowest BCUT2D eigenvalue weighted by molar-refractivity contribution is 0.608. The van der Waals surface area contributed by atoms with Crippen LogP contribution in [0.25, 0.3) is 0 Å². The van der Waals surface area contributed by atoms with Gasteiger partial charge in [-0.15, -0.1) is 0 Å². The van der Waals surface area contributed by atoms with Crippen molar-refractivity contribution in [2.24, 2.45) is 5.73 Å². The van der Waals surface area contributed by atoms with Gasteiger partial charge in [-0.3, -0.25) is 0 Å². The zero-order valence-corrected chi connectivity index (χ0v) is 10.2. The Labute approximate surface area is 93.1 Å². The SMILES string of the molecule is CC(C)N(c1ccc(CN)cc1)C(C)C. The summed E-state index contributed by atoms with van der Waals surface area (Å²) in [6, 6.07) is 9.56. The van der Waals surface area contributed by atoms with Gasteiger partial charge in [-0.05, 0) is 45.4 Å². The van der Waals surface area contributed by atoms with Crippen molar-refractivity contribution >= 4 is 5.69 Å². The molecule has 0 unspecified atom stereocenters. The van der Waals surface area contributed by atoms with Gasteiger partial charge in [0.2, 0.25) is 0 Å². The van der Waals surface area contributed by atoms with Crippen molar-refractivity contribution in [1.82, 2.24) is 0 Å². The maximum absolute atomic E-state index is 5.58. The van der Waals surface area contributed by atoms with Crippen LogP contribution in [0.3, 0.4) is 0 Å². The van der Waals surface area contributed by atoms with E-state index in [2.05, 4.69) is 56.9 Å². The van der Waals surface area contributed by atoms with Crippen LogP contribution in [0.5, 0.6) is 0 Å². The Morgan fingerprint density at radius 1 is 1.00 bits per heavy atom. The fraction of sp³-hybridized carbons (Fsp3) is 0.538. The summed E-state index contributed by atoms with van der Waals surface area (Å²) < 4.78 is 0. The lowest BCUT2D eigenvalue weighted by Gasteiger charge is -2.33. The van der Waals surface area contributed by atoms with E-state index in [1.165, 1.54) is 11.3 Å². The van der Waals surface area contributed by atoms with Crippen molar-refractivity contribution in [3.05, 3.63) is 29.8 Å². The van der Waals surface area contributed by atoms with E-state index in [4.69, 9.17) is 5.73 Å². The second kappa shape index (κ2) is 5.17. The van der Waals surface area contributed by atoms with Gasteiger partial charge < -0.3 is 10.6 Å². The summed E-state index contributed by atoms with van der Waals surface area (Å²) in [5.74, 6) is 0. The van der Waals surface area contributed by atoms with Crippen molar-refractivity contribution in [2.75, 3.05) is 4.90 Å². The van der Waals surface area contributed by atoms with E-state index < -0.39 is 0 Å². The summed E-state index contributed by atoms with van der Waals surface area (Å²) in [5, 5.41) is 0. The second-order valence-corrected chi connectivity index (χ2v) is 4.47. The van der Waals surface area contributed by atoms with E-state index in [9.17, 15) is 0 Å². The van der Waals surface area contributed by atoms with Gasteiger partial charge in [-0.25, -0.2) is 0 Å².